The highest BCUT2D eigenvalue weighted by Gasteiger charge is 2.25. The molecule has 1 saturated heterocycles. The van der Waals surface area contributed by atoms with Gasteiger partial charge in [-0.05, 0) is 62.6 Å². The molecule has 2 aromatic carbocycles. The van der Waals surface area contributed by atoms with E-state index >= 15 is 0 Å². The van der Waals surface area contributed by atoms with E-state index in [2.05, 4.69) is 4.90 Å². The van der Waals surface area contributed by atoms with E-state index in [1.807, 2.05) is 67.4 Å². The molecule has 33 heavy (non-hydrogen) atoms. The van der Waals surface area contributed by atoms with Crippen LogP contribution in [-0.4, -0.2) is 72.8 Å². The number of hydrogen-bond acceptors (Lipinski definition) is 3. The summed E-state index contributed by atoms with van der Waals surface area (Å²) in [6.45, 7) is 6.25. The number of likely N-dealkylation sites (N-methyl/N-ethyl adjacent to an activating group) is 1. The Hall–Kier alpha value is -2.08. The molecule has 7 heteroatoms. The lowest BCUT2D eigenvalue weighted by Gasteiger charge is -2.37. The molecule has 5 nitrogen and oxygen atoms in total. The number of halogens is 2. The second kappa shape index (κ2) is 12.4. The molecule has 1 fully saturated rings. The monoisotopic (exact) mass is 489 g/mol. The summed E-state index contributed by atoms with van der Waals surface area (Å²) in [6, 6.07) is 15.5. The molecule has 178 valence electrons. The minimum absolute atomic E-state index is 0.00925. The van der Waals surface area contributed by atoms with Crippen LogP contribution in [0.15, 0.2) is 48.5 Å². The standard InChI is InChI=1S/C26H33Cl2N3O2/c1-3-31(19-32)23-12-15-30(16-13-23)14-11-22(21-9-10-24(27)25(28)17-21)18-29(2)26(33)20-7-5-4-6-8-20/h4-10,17,19,22-23H,3,11-16,18H2,1-2H3. The Morgan fingerprint density at radius 1 is 1.12 bits per heavy atom. The van der Waals surface area contributed by atoms with Gasteiger partial charge in [-0.1, -0.05) is 47.5 Å². The number of piperidine rings is 1. The van der Waals surface area contributed by atoms with Crippen LogP contribution < -0.4 is 0 Å². The Kier molecular flexibility index (Phi) is 9.60. The quantitative estimate of drug-likeness (QED) is 0.431. The number of hydrogen-bond donors (Lipinski definition) is 0. The first-order chi connectivity index (χ1) is 15.9. The summed E-state index contributed by atoms with van der Waals surface area (Å²) in [5.41, 5.74) is 1.77. The zero-order chi connectivity index (χ0) is 23.8. The van der Waals surface area contributed by atoms with Gasteiger partial charge in [-0.3, -0.25) is 9.59 Å². The van der Waals surface area contributed by atoms with Crippen molar-refractivity contribution >= 4 is 35.5 Å². The van der Waals surface area contributed by atoms with Crippen molar-refractivity contribution in [1.82, 2.24) is 14.7 Å². The molecule has 1 aliphatic heterocycles. The molecule has 2 aromatic rings. The SMILES string of the molecule is CCN(C=O)C1CCN(CCC(CN(C)C(=O)c2ccccc2)c2ccc(Cl)c(Cl)c2)CC1. The Labute approximate surface area is 207 Å². The van der Waals surface area contributed by atoms with Gasteiger partial charge >= 0.3 is 0 Å². The summed E-state index contributed by atoms with van der Waals surface area (Å²) in [5.74, 6) is 0.146. The molecule has 1 atom stereocenters. The van der Waals surface area contributed by atoms with Crippen LogP contribution in [0, 0.1) is 0 Å². The van der Waals surface area contributed by atoms with Gasteiger partial charge in [-0.25, -0.2) is 0 Å². The number of carbonyl (C=O) groups excluding carboxylic acids is 2. The Balaban J connectivity index is 1.66. The van der Waals surface area contributed by atoms with Gasteiger partial charge in [0, 0.05) is 50.7 Å². The lowest BCUT2D eigenvalue weighted by Crippen LogP contribution is -2.44. The average molecular weight is 490 g/mol. The van der Waals surface area contributed by atoms with Crippen molar-refractivity contribution in [1.29, 1.82) is 0 Å². The predicted octanol–water partition coefficient (Wildman–Crippen LogP) is 5.18. The summed E-state index contributed by atoms with van der Waals surface area (Å²) in [6.07, 6.45) is 3.87. The average Bonchev–Trinajstić information content (AvgIpc) is 2.85. The fourth-order valence-electron chi connectivity index (χ4n) is 4.58. The molecule has 0 radical (unpaired) electrons. The van der Waals surface area contributed by atoms with Gasteiger partial charge in [0.15, 0.2) is 0 Å². The maximum absolute atomic E-state index is 12.9. The first-order valence-corrected chi connectivity index (χ1v) is 12.4. The van der Waals surface area contributed by atoms with Crippen molar-refractivity contribution in [3.8, 4) is 0 Å². The number of nitrogens with zero attached hydrogens (tertiary/aromatic N) is 3. The van der Waals surface area contributed by atoms with Gasteiger partial charge < -0.3 is 14.7 Å². The van der Waals surface area contributed by atoms with Crippen molar-refractivity contribution in [2.75, 3.05) is 39.8 Å². The van der Waals surface area contributed by atoms with Gasteiger partial charge in [-0.15, -0.1) is 0 Å². The number of rotatable bonds is 10. The predicted molar refractivity (Wildman–Crippen MR) is 135 cm³/mol. The minimum Gasteiger partial charge on any atom is -0.342 e. The van der Waals surface area contributed by atoms with E-state index in [1.54, 1.807) is 4.90 Å². The molecule has 1 unspecified atom stereocenters. The van der Waals surface area contributed by atoms with Gasteiger partial charge in [0.05, 0.1) is 10.0 Å². The van der Waals surface area contributed by atoms with E-state index in [-0.39, 0.29) is 11.8 Å². The van der Waals surface area contributed by atoms with E-state index in [1.165, 1.54) is 0 Å². The molecule has 0 aliphatic carbocycles. The maximum atomic E-state index is 12.9. The maximum Gasteiger partial charge on any atom is 0.253 e. The molecule has 0 spiro atoms. The second-order valence-electron chi connectivity index (χ2n) is 8.72. The van der Waals surface area contributed by atoms with Crippen molar-refractivity contribution in [3.05, 3.63) is 69.7 Å². The molecular formula is C26H33Cl2N3O2. The highest BCUT2D eigenvalue weighted by atomic mass is 35.5. The Bertz CT molecular complexity index is 917. The molecule has 1 heterocycles. The molecule has 0 bridgehead atoms. The Morgan fingerprint density at radius 2 is 1.82 bits per heavy atom. The van der Waals surface area contributed by atoms with Gasteiger partial charge in [-0.2, -0.15) is 0 Å². The van der Waals surface area contributed by atoms with Crippen LogP contribution in [0.25, 0.3) is 0 Å². The van der Waals surface area contributed by atoms with E-state index in [0.29, 0.717) is 28.2 Å². The fraction of sp³-hybridized carbons (Fsp3) is 0.462. The first kappa shape index (κ1) is 25.5. The van der Waals surface area contributed by atoms with E-state index in [0.717, 1.165) is 57.4 Å². The molecule has 1 aliphatic rings. The number of carbonyl (C=O) groups is 2. The van der Waals surface area contributed by atoms with Crippen LogP contribution in [0.1, 0.15) is 48.0 Å². The van der Waals surface area contributed by atoms with Crippen molar-refractivity contribution in [3.63, 3.8) is 0 Å². The third-order valence-electron chi connectivity index (χ3n) is 6.60. The van der Waals surface area contributed by atoms with Crippen molar-refractivity contribution in [2.45, 2.75) is 38.1 Å². The smallest absolute Gasteiger partial charge is 0.253 e. The van der Waals surface area contributed by atoms with Crippen LogP contribution in [0.5, 0.6) is 0 Å². The topological polar surface area (TPSA) is 43.9 Å². The van der Waals surface area contributed by atoms with Crippen LogP contribution in [0.3, 0.4) is 0 Å². The van der Waals surface area contributed by atoms with Gasteiger partial charge in [0.2, 0.25) is 6.41 Å². The summed E-state index contributed by atoms with van der Waals surface area (Å²) in [4.78, 5) is 30.3. The molecule has 3 rings (SSSR count). The summed E-state index contributed by atoms with van der Waals surface area (Å²) >= 11 is 12.5. The van der Waals surface area contributed by atoms with E-state index < -0.39 is 0 Å². The Morgan fingerprint density at radius 3 is 2.42 bits per heavy atom. The zero-order valence-electron chi connectivity index (χ0n) is 19.4. The second-order valence-corrected chi connectivity index (χ2v) is 9.53. The number of amides is 2. The number of benzene rings is 2. The molecular weight excluding hydrogens is 457 g/mol. The van der Waals surface area contributed by atoms with Gasteiger partial charge in [0.25, 0.3) is 5.91 Å². The zero-order valence-corrected chi connectivity index (χ0v) is 20.9. The fourth-order valence-corrected chi connectivity index (χ4v) is 4.88. The van der Waals surface area contributed by atoms with E-state index in [4.69, 9.17) is 23.2 Å². The van der Waals surface area contributed by atoms with Gasteiger partial charge in [0.1, 0.15) is 0 Å². The number of likely N-dealkylation sites (tertiary alicyclic amines) is 1. The molecule has 0 saturated carbocycles. The summed E-state index contributed by atoms with van der Waals surface area (Å²) in [5, 5.41) is 1.07. The molecule has 0 N–H and O–H groups in total. The van der Waals surface area contributed by atoms with Crippen molar-refractivity contribution in [2.24, 2.45) is 0 Å². The first-order valence-electron chi connectivity index (χ1n) is 11.6. The lowest BCUT2D eigenvalue weighted by molar-refractivity contribution is -0.120. The molecule has 0 aromatic heterocycles. The normalized spacial score (nSPS) is 15.8. The highest BCUT2D eigenvalue weighted by molar-refractivity contribution is 6.42. The van der Waals surface area contributed by atoms with Crippen LogP contribution in [0.4, 0.5) is 0 Å². The highest BCUT2D eigenvalue weighted by Crippen LogP contribution is 2.29. The molecule has 2 amide bonds. The summed E-state index contributed by atoms with van der Waals surface area (Å²) < 4.78 is 0. The van der Waals surface area contributed by atoms with Crippen molar-refractivity contribution < 1.29 is 9.59 Å². The van der Waals surface area contributed by atoms with Crippen LogP contribution in [-0.2, 0) is 4.79 Å². The van der Waals surface area contributed by atoms with Crippen LogP contribution in [0.2, 0.25) is 10.0 Å². The lowest BCUT2D eigenvalue weighted by atomic mass is 9.94. The minimum atomic E-state index is 0.00925. The third-order valence-corrected chi connectivity index (χ3v) is 7.34. The third kappa shape index (κ3) is 6.95. The van der Waals surface area contributed by atoms with Crippen LogP contribution >= 0.6 is 23.2 Å². The summed E-state index contributed by atoms with van der Waals surface area (Å²) in [7, 11) is 1.85. The van der Waals surface area contributed by atoms with E-state index in [9.17, 15) is 9.59 Å². The largest absolute Gasteiger partial charge is 0.342 e.